The molecule has 2 aromatic rings. The van der Waals surface area contributed by atoms with Crippen molar-refractivity contribution in [2.24, 2.45) is 11.8 Å². The second kappa shape index (κ2) is 7.84. The molecule has 0 radical (unpaired) electrons. The Morgan fingerprint density at radius 2 is 1.77 bits per heavy atom. The first-order valence-electron chi connectivity index (χ1n) is 9.84. The average Bonchev–Trinajstić information content (AvgIpc) is 3.28. The van der Waals surface area contributed by atoms with Gasteiger partial charge in [-0.3, -0.25) is 4.79 Å². The van der Waals surface area contributed by atoms with Crippen LogP contribution in [-0.2, 0) is 11.2 Å². The van der Waals surface area contributed by atoms with Crippen molar-refractivity contribution < 1.29 is 4.79 Å². The van der Waals surface area contributed by atoms with E-state index in [1.807, 2.05) is 30.3 Å². The molecule has 0 aliphatic heterocycles. The minimum Gasteiger partial charge on any atom is -0.326 e. The van der Waals surface area contributed by atoms with Crippen molar-refractivity contribution in [3.8, 4) is 0 Å². The highest BCUT2D eigenvalue weighted by molar-refractivity contribution is 6.30. The molecule has 2 aliphatic rings. The lowest BCUT2D eigenvalue weighted by Gasteiger charge is -2.23. The summed E-state index contributed by atoms with van der Waals surface area (Å²) in [6.45, 7) is 0. The first-order valence-corrected chi connectivity index (χ1v) is 10.2. The van der Waals surface area contributed by atoms with E-state index in [0.29, 0.717) is 10.9 Å². The monoisotopic (exact) mass is 367 g/mol. The lowest BCUT2D eigenvalue weighted by atomic mass is 9.84. The summed E-state index contributed by atoms with van der Waals surface area (Å²) in [6, 6.07) is 16.2. The molecule has 2 saturated carbocycles. The second-order valence-corrected chi connectivity index (χ2v) is 8.35. The second-order valence-electron chi connectivity index (χ2n) is 7.91. The number of nitrogens with one attached hydrogen (secondary N) is 1. The van der Waals surface area contributed by atoms with E-state index in [4.69, 9.17) is 11.6 Å². The molecule has 1 atom stereocenters. The summed E-state index contributed by atoms with van der Waals surface area (Å²) in [6.07, 6.45) is 8.52. The third-order valence-electron chi connectivity index (χ3n) is 5.80. The number of halogens is 1. The molecule has 0 heterocycles. The highest BCUT2D eigenvalue weighted by Gasteiger charge is 2.32. The fraction of sp³-hybridized carbons (Fsp3) is 0.435. The van der Waals surface area contributed by atoms with Gasteiger partial charge in [-0.2, -0.15) is 0 Å². The minimum atomic E-state index is -0.0955. The summed E-state index contributed by atoms with van der Waals surface area (Å²) in [7, 11) is 0. The van der Waals surface area contributed by atoms with Crippen molar-refractivity contribution in [2.45, 2.75) is 50.9 Å². The van der Waals surface area contributed by atoms with Crippen LogP contribution in [0, 0.1) is 11.8 Å². The standard InChI is InChI=1S/C23H26ClNO/c24-20-12-10-19(11-13-20)22(18-5-1-2-6-18)23(26)25-21-7-3-4-17(15-21)14-16-8-9-16/h3-4,7,10-13,15-16,18,22H,1-2,5-6,8-9,14H2,(H,25,26)/t22-/m0/s1. The van der Waals surface area contributed by atoms with Gasteiger partial charge in [0, 0.05) is 10.7 Å². The molecule has 0 unspecified atom stereocenters. The van der Waals surface area contributed by atoms with E-state index < -0.39 is 0 Å². The molecule has 2 aliphatic carbocycles. The van der Waals surface area contributed by atoms with Crippen LogP contribution in [0.1, 0.15) is 55.6 Å². The van der Waals surface area contributed by atoms with E-state index in [1.165, 1.54) is 31.2 Å². The highest BCUT2D eigenvalue weighted by atomic mass is 35.5. The lowest BCUT2D eigenvalue weighted by molar-refractivity contribution is -0.118. The molecule has 4 rings (SSSR count). The fourth-order valence-electron chi connectivity index (χ4n) is 4.25. The van der Waals surface area contributed by atoms with Crippen LogP contribution in [0.2, 0.25) is 5.02 Å². The van der Waals surface area contributed by atoms with Crippen molar-refractivity contribution in [1.82, 2.24) is 0 Å². The molecule has 26 heavy (non-hydrogen) atoms. The predicted octanol–water partition coefficient (Wildman–Crippen LogP) is 6.21. The van der Waals surface area contributed by atoms with Gasteiger partial charge in [-0.25, -0.2) is 0 Å². The number of carbonyl (C=O) groups is 1. The molecular formula is C23H26ClNO. The van der Waals surface area contributed by atoms with Gasteiger partial charge in [-0.1, -0.05) is 48.7 Å². The van der Waals surface area contributed by atoms with Gasteiger partial charge in [0.1, 0.15) is 0 Å². The average molecular weight is 368 g/mol. The summed E-state index contributed by atoms with van der Waals surface area (Å²) in [5.74, 6) is 1.29. The van der Waals surface area contributed by atoms with Gasteiger partial charge < -0.3 is 5.32 Å². The molecule has 1 amide bonds. The third kappa shape index (κ3) is 4.29. The van der Waals surface area contributed by atoms with Crippen LogP contribution >= 0.6 is 11.6 Å². The Hall–Kier alpha value is -1.80. The lowest BCUT2D eigenvalue weighted by Crippen LogP contribution is -2.26. The zero-order valence-corrected chi connectivity index (χ0v) is 15.8. The SMILES string of the molecule is O=C(Nc1cccc(CC2CC2)c1)[C@H](c1ccc(Cl)cc1)C1CCCC1. The van der Waals surface area contributed by atoms with Crippen LogP contribution in [0.3, 0.4) is 0 Å². The largest absolute Gasteiger partial charge is 0.326 e. The zero-order valence-electron chi connectivity index (χ0n) is 15.1. The first-order chi connectivity index (χ1) is 12.7. The Morgan fingerprint density at radius 1 is 1.04 bits per heavy atom. The summed E-state index contributed by atoms with van der Waals surface area (Å²) in [4.78, 5) is 13.2. The van der Waals surface area contributed by atoms with Gasteiger partial charge in [-0.15, -0.1) is 0 Å². The van der Waals surface area contributed by atoms with Crippen molar-refractivity contribution in [2.75, 3.05) is 5.32 Å². The first kappa shape index (κ1) is 17.6. The van der Waals surface area contributed by atoms with E-state index in [-0.39, 0.29) is 11.8 Å². The van der Waals surface area contributed by atoms with E-state index in [9.17, 15) is 4.79 Å². The van der Waals surface area contributed by atoms with Crippen LogP contribution in [0.15, 0.2) is 48.5 Å². The van der Waals surface area contributed by atoms with Gasteiger partial charge in [-0.05, 0) is 79.3 Å². The molecular weight excluding hydrogens is 342 g/mol. The Balaban J connectivity index is 1.53. The normalized spacial score (nSPS) is 18.7. The summed E-state index contributed by atoms with van der Waals surface area (Å²) >= 11 is 6.05. The Morgan fingerprint density at radius 3 is 2.46 bits per heavy atom. The summed E-state index contributed by atoms with van der Waals surface area (Å²) in [5.41, 5.74) is 3.33. The van der Waals surface area contributed by atoms with E-state index in [0.717, 1.165) is 36.4 Å². The summed E-state index contributed by atoms with van der Waals surface area (Å²) in [5, 5.41) is 3.91. The van der Waals surface area contributed by atoms with Gasteiger partial charge in [0.15, 0.2) is 0 Å². The molecule has 2 aromatic carbocycles. The minimum absolute atomic E-state index is 0.0955. The predicted molar refractivity (Wildman–Crippen MR) is 108 cm³/mol. The quantitative estimate of drug-likeness (QED) is 0.646. The molecule has 0 aromatic heterocycles. The zero-order chi connectivity index (χ0) is 17.9. The van der Waals surface area contributed by atoms with E-state index >= 15 is 0 Å². The molecule has 136 valence electrons. The van der Waals surface area contributed by atoms with Crippen molar-refractivity contribution >= 4 is 23.2 Å². The Bertz CT molecular complexity index is 760. The molecule has 2 fully saturated rings. The van der Waals surface area contributed by atoms with Crippen molar-refractivity contribution in [1.29, 1.82) is 0 Å². The molecule has 2 nitrogen and oxygen atoms in total. The van der Waals surface area contributed by atoms with Crippen LogP contribution in [0.25, 0.3) is 0 Å². The van der Waals surface area contributed by atoms with E-state index in [2.05, 4.69) is 23.5 Å². The number of benzene rings is 2. The van der Waals surface area contributed by atoms with Crippen LogP contribution in [-0.4, -0.2) is 5.91 Å². The number of carbonyl (C=O) groups excluding carboxylic acids is 1. The van der Waals surface area contributed by atoms with Crippen LogP contribution in [0.4, 0.5) is 5.69 Å². The van der Waals surface area contributed by atoms with Crippen LogP contribution < -0.4 is 5.32 Å². The van der Waals surface area contributed by atoms with Gasteiger partial charge in [0.05, 0.1) is 5.92 Å². The molecule has 0 bridgehead atoms. The Kier molecular flexibility index (Phi) is 5.31. The maximum absolute atomic E-state index is 13.2. The van der Waals surface area contributed by atoms with Crippen LogP contribution in [0.5, 0.6) is 0 Å². The maximum atomic E-state index is 13.2. The topological polar surface area (TPSA) is 29.1 Å². The molecule has 0 saturated heterocycles. The Labute approximate surface area is 161 Å². The molecule has 0 spiro atoms. The smallest absolute Gasteiger partial charge is 0.232 e. The van der Waals surface area contributed by atoms with Crippen molar-refractivity contribution in [3.63, 3.8) is 0 Å². The summed E-state index contributed by atoms with van der Waals surface area (Å²) < 4.78 is 0. The molecule has 3 heteroatoms. The third-order valence-corrected chi connectivity index (χ3v) is 6.05. The van der Waals surface area contributed by atoms with Gasteiger partial charge >= 0.3 is 0 Å². The van der Waals surface area contributed by atoms with Crippen molar-refractivity contribution in [3.05, 3.63) is 64.7 Å². The van der Waals surface area contributed by atoms with E-state index in [1.54, 1.807) is 0 Å². The van der Waals surface area contributed by atoms with Gasteiger partial charge in [0.25, 0.3) is 0 Å². The maximum Gasteiger partial charge on any atom is 0.232 e. The number of anilines is 1. The highest BCUT2D eigenvalue weighted by Crippen LogP contribution is 2.38. The number of amides is 1. The molecule has 1 N–H and O–H groups in total. The fourth-order valence-corrected chi connectivity index (χ4v) is 4.38. The number of hydrogen-bond donors (Lipinski definition) is 1. The van der Waals surface area contributed by atoms with Gasteiger partial charge in [0.2, 0.25) is 5.91 Å². The number of hydrogen-bond acceptors (Lipinski definition) is 1. The number of rotatable bonds is 6.